The first kappa shape index (κ1) is 18.3. The predicted molar refractivity (Wildman–Crippen MR) is 107 cm³/mol. The fourth-order valence-electron chi connectivity index (χ4n) is 2.79. The molecule has 1 N–H and O–H groups in total. The number of hydrogen-bond donors (Lipinski definition) is 1. The van der Waals surface area contributed by atoms with Crippen LogP contribution in [-0.4, -0.2) is 23.8 Å². The Kier molecular flexibility index (Phi) is 5.61. The number of carbonyl (C=O) groups excluding carboxylic acids is 2. The molecule has 0 aliphatic rings. The monoisotopic (exact) mass is 359 g/mol. The molecule has 0 aliphatic heterocycles. The van der Waals surface area contributed by atoms with E-state index in [1.54, 1.807) is 13.1 Å². The summed E-state index contributed by atoms with van der Waals surface area (Å²) in [6, 6.07) is 18.6. The second kappa shape index (κ2) is 8.27. The SMILES string of the molecule is CCc1ccccc1NC(=O)c1cncc(C(=O)N(C)c2ccccc2)c1. The average molecular weight is 359 g/mol. The van der Waals surface area contributed by atoms with E-state index in [2.05, 4.69) is 10.3 Å². The topological polar surface area (TPSA) is 62.3 Å². The van der Waals surface area contributed by atoms with Crippen LogP contribution in [0.2, 0.25) is 0 Å². The number of aryl methyl sites for hydroxylation is 1. The van der Waals surface area contributed by atoms with E-state index in [4.69, 9.17) is 0 Å². The Hall–Kier alpha value is -3.47. The Bertz CT molecular complexity index is 955. The van der Waals surface area contributed by atoms with Crippen molar-refractivity contribution < 1.29 is 9.59 Å². The summed E-state index contributed by atoms with van der Waals surface area (Å²) in [5.74, 6) is -0.516. The first-order valence-corrected chi connectivity index (χ1v) is 8.77. The summed E-state index contributed by atoms with van der Waals surface area (Å²) in [6.07, 6.45) is 3.75. The highest BCUT2D eigenvalue weighted by Crippen LogP contribution is 2.18. The minimum atomic E-state index is -0.291. The molecule has 1 aromatic heterocycles. The molecule has 0 radical (unpaired) electrons. The fourth-order valence-corrected chi connectivity index (χ4v) is 2.79. The van der Waals surface area contributed by atoms with Crippen LogP contribution in [0.5, 0.6) is 0 Å². The molecule has 3 aromatic rings. The summed E-state index contributed by atoms with van der Waals surface area (Å²) in [5, 5.41) is 2.90. The van der Waals surface area contributed by atoms with Gasteiger partial charge in [-0.2, -0.15) is 0 Å². The zero-order chi connectivity index (χ0) is 19.2. The van der Waals surface area contributed by atoms with Crippen LogP contribution in [0.1, 0.15) is 33.2 Å². The lowest BCUT2D eigenvalue weighted by atomic mass is 10.1. The Morgan fingerprint density at radius 3 is 2.37 bits per heavy atom. The summed E-state index contributed by atoms with van der Waals surface area (Å²) >= 11 is 0. The number of aromatic nitrogens is 1. The third-order valence-electron chi connectivity index (χ3n) is 4.34. The fraction of sp³-hybridized carbons (Fsp3) is 0.136. The van der Waals surface area contributed by atoms with Crippen LogP contribution in [-0.2, 0) is 6.42 Å². The van der Waals surface area contributed by atoms with Crippen molar-refractivity contribution in [2.75, 3.05) is 17.3 Å². The Morgan fingerprint density at radius 2 is 1.63 bits per heavy atom. The zero-order valence-electron chi connectivity index (χ0n) is 15.3. The van der Waals surface area contributed by atoms with Crippen molar-refractivity contribution in [2.45, 2.75) is 13.3 Å². The first-order chi connectivity index (χ1) is 13.1. The molecular formula is C22H21N3O2. The lowest BCUT2D eigenvalue weighted by Crippen LogP contribution is -2.26. The quantitative estimate of drug-likeness (QED) is 0.743. The number of hydrogen-bond acceptors (Lipinski definition) is 3. The van der Waals surface area contributed by atoms with E-state index >= 15 is 0 Å². The van der Waals surface area contributed by atoms with Gasteiger partial charge in [0, 0.05) is 30.8 Å². The minimum absolute atomic E-state index is 0.225. The van der Waals surface area contributed by atoms with Crippen molar-refractivity contribution >= 4 is 23.2 Å². The van der Waals surface area contributed by atoms with Gasteiger partial charge in [0.15, 0.2) is 0 Å². The Labute approximate surface area is 158 Å². The van der Waals surface area contributed by atoms with Crippen LogP contribution < -0.4 is 10.2 Å². The van der Waals surface area contributed by atoms with Crippen molar-refractivity contribution in [1.82, 2.24) is 4.98 Å². The molecule has 5 heteroatoms. The highest BCUT2D eigenvalue weighted by atomic mass is 16.2. The summed E-state index contributed by atoms with van der Waals surface area (Å²) in [5.41, 5.74) is 3.29. The van der Waals surface area contributed by atoms with Gasteiger partial charge in [-0.25, -0.2) is 0 Å². The molecule has 27 heavy (non-hydrogen) atoms. The van der Waals surface area contributed by atoms with Crippen LogP contribution in [0.15, 0.2) is 73.1 Å². The standard InChI is InChI=1S/C22H21N3O2/c1-3-16-9-7-8-12-20(16)24-21(26)17-13-18(15-23-14-17)22(27)25(2)19-10-5-4-6-11-19/h4-15H,3H2,1-2H3,(H,24,26). The van der Waals surface area contributed by atoms with Crippen molar-refractivity contribution in [3.8, 4) is 0 Å². The maximum atomic E-state index is 12.7. The number of nitrogens with zero attached hydrogens (tertiary/aromatic N) is 2. The molecule has 3 rings (SSSR count). The van der Waals surface area contributed by atoms with E-state index in [9.17, 15) is 9.59 Å². The van der Waals surface area contributed by atoms with Gasteiger partial charge in [-0.15, -0.1) is 0 Å². The van der Waals surface area contributed by atoms with Gasteiger partial charge in [0.05, 0.1) is 11.1 Å². The van der Waals surface area contributed by atoms with Gasteiger partial charge in [-0.05, 0) is 36.2 Å². The average Bonchev–Trinajstić information content (AvgIpc) is 2.73. The summed E-state index contributed by atoms with van der Waals surface area (Å²) in [7, 11) is 1.70. The van der Waals surface area contributed by atoms with E-state index in [1.807, 2.05) is 61.5 Å². The largest absolute Gasteiger partial charge is 0.322 e. The van der Waals surface area contributed by atoms with Gasteiger partial charge in [0.1, 0.15) is 0 Å². The second-order valence-electron chi connectivity index (χ2n) is 6.13. The van der Waals surface area contributed by atoms with Gasteiger partial charge in [0.2, 0.25) is 0 Å². The third kappa shape index (κ3) is 4.20. The van der Waals surface area contributed by atoms with Gasteiger partial charge in [-0.3, -0.25) is 14.6 Å². The molecule has 0 unspecified atom stereocenters. The third-order valence-corrected chi connectivity index (χ3v) is 4.34. The number of rotatable bonds is 5. The van der Waals surface area contributed by atoms with E-state index in [0.717, 1.165) is 23.4 Å². The van der Waals surface area contributed by atoms with Gasteiger partial charge in [0.25, 0.3) is 11.8 Å². The first-order valence-electron chi connectivity index (χ1n) is 8.77. The maximum Gasteiger partial charge on any atom is 0.259 e. The highest BCUT2D eigenvalue weighted by Gasteiger charge is 2.16. The summed E-state index contributed by atoms with van der Waals surface area (Å²) in [4.78, 5) is 31.0. The summed E-state index contributed by atoms with van der Waals surface area (Å²) in [6.45, 7) is 2.03. The smallest absolute Gasteiger partial charge is 0.259 e. The Balaban J connectivity index is 1.80. The predicted octanol–water partition coefficient (Wildman–Crippen LogP) is 4.17. The minimum Gasteiger partial charge on any atom is -0.322 e. The van der Waals surface area contributed by atoms with Crippen LogP contribution in [0.25, 0.3) is 0 Å². The van der Waals surface area contributed by atoms with E-state index in [1.165, 1.54) is 17.3 Å². The van der Waals surface area contributed by atoms with Crippen LogP contribution >= 0.6 is 0 Å². The van der Waals surface area contributed by atoms with Crippen LogP contribution in [0.3, 0.4) is 0 Å². The Morgan fingerprint density at radius 1 is 0.963 bits per heavy atom. The molecule has 1 heterocycles. The van der Waals surface area contributed by atoms with Gasteiger partial charge < -0.3 is 10.2 Å². The second-order valence-corrected chi connectivity index (χ2v) is 6.13. The number of carbonyl (C=O) groups is 2. The number of anilines is 2. The maximum absolute atomic E-state index is 12.7. The molecule has 0 fully saturated rings. The number of pyridine rings is 1. The molecule has 0 bridgehead atoms. The van der Waals surface area contributed by atoms with Crippen LogP contribution in [0, 0.1) is 0 Å². The van der Waals surface area contributed by atoms with Crippen molar-refractivity contribution in [3.63, 3.8) is 0 Å². The number of para-hydroxylation sites is 2. The lowest BCUT2D eigenvalue weighted by molar-refractivity contribution is 0.0992. The van der Waals surface area contributed by atoms with Crippen molar-refractivity contribution in [1.29, 1.82) is 0 Å². The molecule has 2 amide bonds. The van der Waals surface area contributed by atoms with Gasteiger partial charge >= 0.3 is 0 Å². The molecule has 0 spiro atoms. The van der Waals surface area contributed by atoms with E-state index in [0.29, 0.717) is 11.1 Å². The molecule has 136 valence electrons. The number of nitrogens with one attached hydrogen (secondary N) is 1. The van der Waals surface area contributed by atoms with Crippen LogP contribution in [0.4, 0.5) is 11.4 Å². The lowest BCUT2D eigenvalue weighted by Gasteiger charge is -2.17. The van der Waals surface area contributed by atoms with Crippen molar-refractivity contribution in [3.05, 3.63) is 89.7 Å². The molecule has 0 saturated carbocycles. The molecule has 0 saturated heterocycles. The number of benzene rings is 2. The van der Waals surface area contributed by atoms with Gasteiger partial charge in [-0.1, -0.05) is 43.3 Å². The molecule has 2 aromatic carbocycles. The molecule has 0 atom stereocenters. The van der Waals surface area contributed by atoms with Crippen molar-refractivity contribution in [2.24, 2.45) is 0 Å². The molecule has 0 aliphatic carbocycles. The zero-order valence-corrected chi connectivity index (χ0v) is 15.3. The van der Waals surface area contributed by atoms with E-state index < -0.39 is 0 Å². The molecular weight excluding hydrogens is 338 g/mol. The molecule has 5 nitrogen and oxygen atoms in total. The number of amides is 2. The summed E-state index contributed by atoms with van der Waals surface area (Å²) < 4.78 is 0. The highest BCUT2D eigenvalue weighted by molar-refractivity contribution is 6.09. The normalized spacial score (nSPS) is 10.3. The van der Waals surface area contributed by atoms with E-state index in [-0.39, 0.29) is 11.8 Å².